The van der Waals surface area contributed by atoms with Crippen LogP contribution in [0.2, 0.25) is 0 Å². The molecular formula is C16H23BrN2O4. The van der Waals surface area contributed by atoms with E-state index in [1.54, 1.807) is 25.3 Å². The summed E-state index contributed by atoms with van der Waals surface area (Å²) < 4.78 is 11.2. The van der Waals surface area contributed by atoms with Crippen molar-refractivity contribution < 1.29 is 19.1 Å². The van der Waals surface area contributed by atoms with Crippen molar-refractivity contribution in [1.29, 1.82) is 0 Å². The molecule has 0 aliphatic rings. The molecule has 128 valence electrons. The van der Waals surface area contributed by atoms with Gasteiger partial charge in [-0.15, -0.1) is 0 Å². The summed E-state index contributed by atoms with van der Waals surface area (Å²) in [7, 11) is 1.58. The van der Waals surface area contributed by atoms with Crippen LogP contribution in [-0.2, 0) is 9.53 Å². The molecule has 0 radical (unpaired) electrons. The third kappa shape index (κ3) is 7.47. The lowest BCUT2D eigenvalue weighted by molar-refractivity contribution is -0.121. The number of carbonyl (C=O) groups is 2. The first-order valence-corrected chi connectivity index (χ1v) is 8.38. The van der Waals surface area contributed by atoms with Crippen LogP contribution in [0.15, 0.2) is 22.7 Å². The van der Waals surface area contributed by atoms with E-state index >= 15 is 0 Å². The van der Waals surface area contributed by atoms with Crippen LogP contribution in [0.25, 0.3) is 0 Å². The molecule has 0 aliphatic carbocycles. The highest BCUT2D eigenvalue weighted by Gasteiger charge is 2.14. The number of unbranched alkanes of at least 4 members (excludes halogenated alkanes) is 2. The van der Waals surface area contributed by atoms with Crippen molar-refractivity contribution in [1.82, 2.24) is 10.9 Å². The fraction of sp³-hybridized carbons (Fsp3) is 0.500. The molecule has 0 aromatic heterocycles. The van der Waals surface area contributed by atoms with Gasteiger partial charge in [0, 0.05) is 18.0 Å². The average molecular weight is 387 g/mol. The van der Waals surface area contributed by atoms with Crippen molar-refractivity contribution in [3.8, 4) is 5.75 Å². The fourth-order valence-corrected chi connectivity index (χ4v) is 2.19. The Balaban J connectivity index is 2.60. The number of methoxy groups -OCH3 is 1. The number of carbonyl (C=O) groups excluding carboxylic acids is 2. The smallest absolute Gasteiger partial charge is 0.273 e. The third-order valence-corrected chi connectivity index (χ3v) is 3.55. The van der Waals surface area contributed by atoms with E-state index in [-0.39, 0.29) is 5.91 Å². The molecule has 7 heteroatoms. The van der Waals surface area contributed by atoms with Crippen molar-refractivity contribution in [3.05, 3.63) is 28.2 Å². The van der Waals surface area contributed by atoms with Crippen molar-refractivity contribution in [2.24, 2.45) is 0 Å². The van der Waals surface area contributed by atoms with E-state index in [2.05, 4.69) is 33.7 Å². The van der Waals surface area contributed by atoms with Crippen LogP contribution in [-0.4, -0.2) is 32.1 Å². The number of hydrogen-bond donors (Lipinski definition) is 2. The molecule has 0 unspecified atom stereocenters. The Hall–Kier alpha value is -1.60. The topological polar surface area (TPSA) is 76.7 Å². The quantitative estimate of drug-likeness (QED) is 0.505. The summed E-state index contributed by atoms with van der Waals surface area (Å²) in [6.45, 7) is 2.82. The van der Waals surface area contributed by atoms with E-state index in [0.29, 0.717) is 30.9 Å². The number of hydrazine groups is 1. The lowest BCUT2D eigenvalue weighted by Gasteiger charge is -2.12. The van der Waals surface area contributed by atoms with E-state index in [1.807, 2.05) is 0 Å². The number of nitrogens with one attached hydrogen (secondary N) is 2. The first-order valence-electron chi connectivity index (χ1n) is 7.59. The minimum atomic E-state index is -0.428. The predicted octanol–water partition coefficient (Wildman–Crippen LogP) is 2.82. The number of halogens is 1. The maximum Gasteiger partial charge on any atom is 0.273 e. The zero-order valence-corrected chi connectivity index (χ0v) is 15.1. The second kappa shape index (κ2) is 11.0. The Bertz CT molecular complexity index is 523. The van der Waals surface area contributed by atoms with E-state index in [4.69, 9.17) is 9.47 Å². The average Bonchev–Trinajstić information content (AvgIpc) is 2.54. The summed E-state index contributed by atoms with van der Waals surface area (Å²) in [6, 6.07) is 5.11. The minimum absolute atomic E-state index is 0.205. The summed E-state index contributed by atoms with van der Waals surface area (Å²) in [5.74, 6) is -0.200. The van der Waals surface area contributed by atoms with Crippen LogP contribution >= 0.6 is 15.9 Å². The minimum Gasteiger partial charge on any atom is -0.490 e. The Kier molecular flexibility index (Phi) is 9.31. The maximum atomic E-state index is 12.2. The molecule has 0 bridgehead atoms. The Morgan fingerprint density at radius 1 is 1.17 bits per heavy atom. The van der Waals surface area contributed by atoms with Crippen molar-refractivity contribution >= 4 is 27.7 Å². The van der Waals surface area contributed by atoms with Crippen LogP contribution in [0.1, 0.15) is 43.0 Å². The molecule has 2 amide bonds. The van der Waals surface area contributed by atoms with E-state index in [9.17, 15) is 9.59 Å². The Morgan fingerprint density at radius 3 is 2.65 bits per heavy atom. The molecule has 0 aliphatic heterocycles. The SMILES string of the molecule is CCCCCC(=O)NNC(=O)c1cc(Br)ccc1OCCOC. The van der Waals surface area contributed by atoms with Crippen LogP contribution in [0, 0.1) is 0 Å². The number of hydrogen-bond acceptors (Lipinski definition) is 4. The molecule has 0 atom stereocenters. The summed E-state index contributed by atoms with van der Waals surface area (Å²) in [4.78, 5) is 23.9. The van der Waals surface area contributed by atoms with Gasteiger partial charge < -0.3 is 9.47 Å². The molecule has 0 saturated heterocycles. The van der Waals surface area contributed by atoms with Gasteiger partial charge >= 0.3 is 0 Å². The van der Waals surface area contributed by atoms with Gasteiger partial charge in [0.15, 0.2) is 0 Å². The second-order valence-electron chi connectivity index (χ2n) is 4.94. The Morgan fingerprint density at radius 2 is 1.96 bits per heavy atom. The summed E-state index contributed by atoms with van der Waals surface area (Å²) >= 11 is 3.32. The van der Waals surface area contributed by atoms with Crippen LogP contribution in [0.4, 0.5) is 0 Å². The summed E-state index contributed by atoms with van der Waals surface area (Å²) in [6.07, 6.45) is 3.23. The molecule has 0 spiro atoms. The standard InChI is InChI=1S/C16H23BrN2O4/c1-3-4-5-6-15(20)18-19-16(21)13-11-12(17)7-8-14(13)23-10-9-22-2/h7-8,11H,3-6,9-10H2,1-2H3,(H,18,20)(H,19,21). The lowest BCUT2D eigenvalue weighted by atomic mass is 10.2. The largest absolute Gasteiger partial charge is 0.490 e. The molecule has 1 aromatic rings. The summed E-state index contributed by atoms with van der Waals surface area (Å²) in [5.41, 5.74) is 5.17. The van der Waals surface area contributed by atoms with Gasteiger partial charge in [-0.2, -0.15) is 0 Å². The number of benzene rings is 1. The van der Waals surface area contributed by atoms with Crippen LogP contribution in [0.5, 0.6) is 5.75 Å². The fourth-order valence-electron chi connectivity index (χ4n) is 1.83. The molecule has 1 aromatic carbocycles. The Labute approximate surface area is 145 Å². The molecule has 6 nitrogen and oxygen atoms in total. The van der Waals surface area contributed by atoms with Gasteiger partial charge in [-0.1, -0.05) is 35.7 Å². The van der Waals surface area contributed by atoms with Crippen LogP contribution in [0.3, 0.4) is 0 Å². The van der Waals surface area contributed by atoms with Crippen molar-refractivity contribution in [3.63, 3.8) is 0 Å². The highest BCUT2D eigenvalue weighted by molar-refractivity contribution is 9.10. The number of amides is 2. The van der Waals surface area contributed by atoms with E-state index in [1.165, 1.54) is 0 Å². The van der Waals surface area contributed by atoms with Crippen LogP contribution < -0.4 is 15.6 Å². The lowest BCUT2D eigenvalue weighted by Crippen LogP contribution is -2.41. The van der Waals surface area contributed by atoms with Crippen molar-refractivity contribution in [2.45, 2.75) is 32.6 Å². The van der Waals surface area contributed by atoms with Gasteiger partial charge in [0.25, 0.3) is 5.91 Å². The van der Waals surface area contributed by atoms with Gasteiger partial charge in [0.05, 0.1) is 12.2 Å². The highest BCUT2D eigenvalue weighted by Crippen LogP contribution is 2.23. The number of ether oxygens (including phenoxy) is 2. The first-order chi connectivity index (χ1) is 11.1. The van der Waals surface area contributed by atoms with Gasteiger partial charge in [-0.05, 0) is 24.6 Å². The summed E-state index contributed by atoms with van der Waals surface area (Å²) in [5, 5.41) is 0. The zero-order chi connectivity index (χ0) is 17.1. The molecule has 23 heavy (non-hydrogen) atoms. The predicted molar refractivity (Wildman–Crippen MR) is 91.3 cm³/mol. The second-order valence-corrected chi connectivity index (χ2v) is 5.86. The van der Waals surface area contributed by atoms with Gasteiger partial charge in [0.2, 0.25) is 5.91 Å². The van der Waals surface area contributed by atoms with E-state index < -0.39 is 5.91 Å². The number of rotatable bonds is 9. The zero-order valence-electron chi connectivity index (χ0n) is 13.5. The first kappa shape index (κ1) is 19.4. The molecule has 0 heterocycles. The maximum absolute atomic E-state index is 12.2. The molecule has 0 saturated carbocycles. The highest BCUT2D eigenvalue weighted by atomic mass is 79.9. The van der Waals surface area contributed by atoms with Gasteiger partial charge in [-0.3, -0.25) is 20.4 Å². The molecule has 2 N–H and O–H groups in total. The molecular weight excluding hydrogens is 364 g/mol. The van der Waals surface area contributed by atoms with E-state index in [0.717, 1.165) is 23.7 Å². The third-order valence-electron chi connectivity index (χ3n) is 3.05. The molecule has 1 rings (SSSR count). The monoisotopic (exact) mass is 386 g/mol. The normalized spacial score (nSPS) is 10.2. The van der Waals surface area contributed by atoms with Gasteiger partial charge in [0.1, 0.15) is 12.4 Å². The van der Waals surface area contributed by atoms with Gasteiger partial charge in [-0.25, -0.2) is 0 Å². The van der Waals surface area contributed by atoms with Crippen molar-refractivity contribution in [2.75, 3.05) is 20.3 Å². The molecule has 0 fully saturated rings.